The zero-order valence-corrected chi connectivity index (χ0v) is 13.0. The van der Waals surface area contributed by atoms with Gasteiger partial charge in [0.25, 0.3) is 0 Å². The Morgan fingerprint density at radius 1 is 1.00 bits per heavy atom. The molecule has 0 atom stereocenters. The second kappa shape index (κ2) is 6.16. The predicted octanol–water partition coefficient (Wildman–Crippen LogP) is 2.45. The molecule has 6 heteroatoms. The molecule has 2 aromatic carbocycles. The van der Waals surface area contributed by atoms with Crippen molar-refractivity contribution in [1.29, 1.82) is 0 Å². The molecule has 0 saturated heterocycles. The largest absolute Gasteiger partial charge is 0.550 e. The van der Waals surface area contributed by atoms with Gasteiger partial charge < -0.3 is 14.3 Å². The van der Waals surface area contributed by atoms with Crippen molar-refractivity contribution in [2.75, 3.05) is 0 Å². The van der Waals surface area contributed by atoms with Crippen LogP contribution >= 0.6 is 0 Å². The van der Waals surface area contributed by atoms with Crippen molar-refractivity contribution >= 4 is 39.8 Å². The van der Waals surface area contributed by atoms with Crippen molar-refractivity contribution in [2.45, 2.75) is 6.42 Å². The third kappa shape index (κ3) is 3.10. The molecule has 0 spiro atoms. The summed E-state index contributed by atoms with van der Waals surface area (Å²) in [5.74, 6) is -0.984. The van der Waals surface area contributed by atoms with Crippen molar-refractivity contribution in [2.24, 2.45) is 0 Å². The van der Waals surface area contributed by atoms with E-state index < -0.39 is 5.97 Å². The number of oxazole rings is 1. The van der Waals surface area contributed by atoms with E-state index in [0.29, 0.717) is 22.4 Å². The zero-order valence-electron chi connectivity index (χ0n) is 13.0. The van der Waals surface area contributed by atoms with E-state index in [1.807, 2.05) is 36.4 Å². The third-order valence-corrected chi connectivity index (χ3v) is 3.69. The molecule has 0 saturated carbocycles. The lowest BCUT2D eigenvalue weighted by Crippen LogP contribution is -2.22. The van der Waals surface area contributed by atoms with Crippen LogP contribution in [0.1, 0.15) is 18.0 Å². The Morgan fingerprint density at radius 2 is 1.72 bits per heavy atom. The molecule has 4 aromatic rings. The Bertz CT molecular complexity index is 1080. The number of aromatic nitrogens is 3. The van der Waals surface area contributed by atoms with Gasteiger partial charge in [0, 0.05) is 18.0 Å². The summed E-state index contributed by atoms with van der Waals surface area (Å²) in [5.41, 5.74) is 3.64. The number of hydrogen-bond donors (Lipinski definition) is 0. The molecular weight excluding hydrogens is 318 g/mol. The minimum absolute atomic E-state index is 0.236. The number of carboxylic acid groups (broad SMARTS) is 1. The average molecular weight is 330 g/mol. The SMILES string of the molecule is O=C([O-])C/C(=C\c1cnc2ccccc2n1)c1nc2ccccc2o1. The maximum atomic E-state index is 11.1. The number of carbonyl (C=O) groups is 1. The number of fused-ring (bicyclic) bond motifs is 2. The molecule has 6 nitrogen and oxygen atoms in total. The van der Waals surface area contributed by atoms with E-state index in [2.05, 4.69) is 15.0 Å². The van der Waals surface area contributed by atoms with E-state index in [9.17, 15) is 9.90 Å². The molecule has 0 N–H and O–H groups in total. The highest BCUT2D eigenvalue weighted by Gasteiger charge is 2.12. The number of carboxylic acids is 1. The number of nitrogens with zero attached hydrogens (tertiary/aromatic N) is 3. The van der Waals surface area contributed by atoms with Gasteiger partial charge in [-0.05, 0) is 30.3 Å². The molecule has 0 bridgehead atoms. The van der Waals surface area contributed by atoms with Crippen molar-refractivity contribution < 1.29 is 14.3 Å². The zero-order chi connectivity index (χ0) is 17.2. The van der Waals surface area contributed by atoms with E-state index in [0.717, 1.165) is 11.0 Å². The van der Waals surface area contributed by atoms with E-state index in [-0.39, 0.29) is 12.3 Å². The Morgan fingerprint density at radius 3 is 2.48 bits per heavy atom. The van der Waals surface area contributed by atoms with Gasteiger partial charge in [-0.15, -0.1) is 0 Å². The Labute approximate surface area is 142 Å². The molecule has 0 amide bonds. The first-order chi connectivity index (χ1) is 12.2. The highest BCUT2D eigenvalue weighted by molar-refractivity contribution is 5.90. The average Bonchev–Trinajstić information content (AvgIpc) is 3.05. The molecule has 4 rings (SSSR count). The van der Waals surface area contributed by atoms with Gasteiger partial charge >= 0.3 is 0 Å². The summed E-state index contributed by atoms with van der Waals surface area (Å²) in [7, 11) is 0. The van der Waals surface area contributed by atoms with Gasteiger partial charge in [-0.3, -0.25) is 4.98 Å². The fourth-order valence-electron chi connectivity index (χ4n) is 2.57. The van der Waals surface area contributed by atoms with Crippen molar-refractivity contribution in [1.82, 2.24) is 15.0 Å². The van der Waals surface area contributed by atoms with Gasteiger partial charge in [0.15, 0.2) is 5.58 Å². The van der Waals surface area contributed by atoms with Crippen LogP contribution in [0.15, 0.2) is 59.1 Å². The monoisotopic (exact) mass is 330 g/mol. The summed E-state index contributed by atoms with van der Waals surface area (Å²) in [6.45, 7) is 0. The first-order valence-corrected chi connectivity index (χ1v) is 7.67. The lowest BCUT2D eigenvalue weighted by Gasteiger charge is -2.05. The standard InChI is InChI=1S/C19H13N3O3/c23-18(24)10-12(19-22-16-7-3-4-8-17(16)25-19)9-13-11-20-14-5-1-2-6-15(14)21-13/h1-9,11H,10H2,(H,23,24)/p-1/b12-9+. The van der Waals surface area contributed by atoms with Gasteiger partial charge in [0.05, 0.1) is 22.9 Å². The molecule has 2 aromatic heterocycles. The van der Waals surface area contributed by atoms with Crippen molar-refractivity contribution in [3.63, 3.8) is 0 Å². The van der Waals surface area contributed by atoms with Gasteiger partial charge in [-0.25, -0.2) is 9.97 Å². The predicted molar refractivity (Wildman–Crippen MR) is 91.0 cm³/mol. The lowest BCUT2D eigenvalue weighted by molar-refractivity contribution is -0.304. The molecule has 0 aliphatic heterocycles. The van der Waals surface area contributed by atoms with Crippen LogP contribution < -0.4 is 5.11 Å². The van der Waals surface area contributed by atoms with Crippen LogP contribution in [0.5, 0.6) is 0 Å². The van der Waals surface area contributed by atoms with E-state index in [1.54, 1.807) is 24.4 Å². The number of benzene rings is 2. The second-order valence-corrected chi connectivity index (χ2v) is 5.49. The normalized spacial score (nSPS) is 11.9. The number of carbonyl (C=O) groups excluding carboxylic acids is 1. The van der Waals surface area contributed by atoms with Crippen LogP contribution in [0.25, 0.3) is 33.8 Å². The minimum Gasteiger partial charge on any atom is -0.550 e. The molecule has 0 aliphatic carbocycles. The van der Waals surface area contributed by atoms with Crippen molar-refractivity contribution in [3.8, 4) is 0 Å². The molecular formula is C19H12N3O3-. The van der Waals surface area contributed by atoms with Crippen LogP contribution in [0.4, 0.5) is 0 Å². The van der Waals surface area contributed by atoms with Gasteiger partial charge in [-0.1, -0.05) is 24.3 Å². The quantitative estimate of drug-likeness (QED) is 0.571. The molecule has 2 heterocycles. The number of para-hydroxylation sites is 4. The third-order valence-electron chi connectivity index (χ3n) is 3.69. The summed E-state index contributed by atoms with van der Waals surface area (Å²) >= 11 is 0. The molecule has 122 valence electrons. The van der Waals surface area contributed by atoms with E-state index in [1.165, 1.54) is 0 Å². The maximum absolute atomic E-state index is 11.1. The number of aliphatic carboxylic acids is 1. The Kier molecular flexibility index (Phi) is 3.70. The summed E-state index contributed by atoms with van der Waals surface area (Å²) in [6, 6.07) is 14.7. The number of hydrogen-bond acceptors (Lipinski definition) is 6. The molecule has 0 fully saturated rings. The van der Waals surface area contributed by atoms with E-state index in [4.69, 9.17) is 4.42 Å². The topological polar surface area (TPSA) is 91.9 Å². The highest BCUT2D eigenvalue weighted by Crippen LogP contribution is 2.25. The van der Waals surface area contributed by atoms with Crippen LogP contribution in [0.2, 0.25) is 0 Å². The molecule has 0 unspecified atom stereocenters. The lowest BCUT2D eigenvalue weighted by atomic mass is 10.1. The van der Waals surface area contributed by atoms with Crippen LogP contribution in [-0.4, -0.2) is 20.9 Å². The fourth-order valence-corrected chi connectivity index (χ4v) is 2.57. The smallest absolute Gasteiger partial charge is 0.223 e. The van der Waals surface area contributed by atoms with Crippen LogP contribution in [-0.2, 0) is 4.79 Å². The summed E-state index contributed by atoms with van der Waals surface area (Å²) in [4.78, 5) is 24.3. The van der Waals surface area contributed by atoms with Gasteiger partial charge in [-0.2, -0.15) is 0 Å². The summed E-state index contributed by atoms with van der Waals surface area (Å²) < 4.78 is 5.67. The molecule has 0 aliphatic rings. The summed E-state index contributed by atoms with van der Waals surface area (Å²) in [6.07, 6.45) is 2.86. The van der Waals surface area contributed by atoms with E-state index >= 15 is 0 Å². The maximum Gasteiger partial charge on any atom is 0.223 e. The van der Waals surface area contributed by atoms with Crippen molar-refractivity contribution in [3.05, 3.63) is 66.3 Å². The minimum atomic E-state index is -1.22. The second-order valence-electron chi connectivity index (χ2n) is 5.49. The number of rotatable bonds is 4. The fraction of sp³-hybridized carbons (Fsp3) is 0.0526. The Balaban J connectivity index is 1.81. The highest BCUT2D eigenvalue weighted by atomic mass is 16.4. The molecule has 0 radical (unpaired) electrons. The van der Waals surface area contributed by atoms with Gasteiger partial charge in [0.2, 0.25) is 5.89 Å². The van der Waals surface area contributed by atoms with Crippen LogP contribution in [0.3, 0.4) is 0 Å². The van der Waals surface area contributed by atoms with Crippen LogP contribution in [0, 0.1) is 0 Å². The Hall–Kier alpha value is -3.54. The summed E-state index contributed by atoms with van der Waals surface area (Å²) in [5, 5.41) is 11.1. The molecule has 25 heavy (non-hydrogen) atoms. The first-order valence-electron chi connectivity index (χ1n) is 7.67. The first kappa shape index (κ1) is 15.0. The van der Waals surface area contributed by atoms with Gasteiger partial charge in [0.1, 0.15) is 5.52 Å².